The number of rotatable bonds is 3. The molecule has 0 fully saturated rings. The lowest BCUT2D eigenvalue weighted by Crippen LogP contribution is -2.08. The minimum Gasteiger partial charge on any atom is -0.618 e. The van der Waals surface area contributed by atoms with Gasteiger partial charge in [0.1, 0.15) is 0 Å². The fraction of sp³-hybridized carbons (Fsp3) is 0.133. The zero-order valence-electron chi connectivity index (χ0n) is 10.9. The summed E-state index contributed by atoms with van der Waals surface area (Å²) < 4.78 is 0.850. The fourth-order valence-electron chi connectivity index (χ4n) is 1.66. The van der Waals surface area contributed by atoms with Crippen molar-refractivity contribution in [2.75, 3.05) is 19.0 Å². The minimum absolute atomic E-state index is 0.598. The summed E-state index contributed by atoms with van der Waals surface area (Å²) in [5.41, 5.74) is 2.47. The second-order valence-corrected chi connectivity index (χ2v) is 4.85. The van der Waals surface area contributed by atoms with Crippen LogP contribution in [0.15, 0.2) is 48.5 Å². The third-order valence-corrected chi connectivity index (χ3v) is 3.01. The van der Waals surface area contributed by atoms with Crippen LogP contribution < -0.4 is 4.90 Å². The lowest BCUT2D eigenvalue weighted by atomic mass is 10.2. The fourth-order valence-corrected chi connectivity index (χ4v) is 1.78. The molecule has 0 aliphatic carbocycles. The monoisotopic (exact) mass is 274 g/mol. The van der Waals surface area contributed by atoms with E-state index in [1.807, 2.05) is 31.1 Å². The predicted molar refractivity (Wildman–Crippen MR) is 80.7 cm³/mol. The minimum atomic E-state index is 0.598. The maximum atomic E-state index is 12.0. The number of benzene rings is 2. The van der Waals surface area contributed by atoms with Crippen LogP contribution in [0.1, 0.15) is 5.56 Å². The number of hydrogen-bond donors (Lipinski definition) is 0. The molecule has 0 saturated heterocycles. The Morgan fingerprint density at radius 3 is 2.11 bits per heavy atom. The normalized spacial score (nSPS) is 11.4. The maximum absolute atomic E-state index is 12.0. The number of nitrogens with zero attached hydrogens (tertiary/aromatic N) is 2. The quantitative estimate of drug-likeness (QED) is 0.370. The molecule has 0 heterocycles. The van der Waals surface area contributed by atoms with Crippen LogP contribution >= 0.6 is 11.6 Å². The van der Waals surface area contributed by atoms with Gasteiger partial charge in [-0.15, -0.1) is 0 Å². The van der Waals surface area contributed by atoms with Crippen molar-refractivity contribution in [2.45, 2.75) is 0 Å². The van der Waals surface area contributed by atoms with E-state index in [2.05, 4.69) is 0 Å². The lowest BCUT2D eigenvalue weighted by Gasteiger charge is -2.12. The van der Waals surface area contributed by atoms with Gasteiger partial charge in [0.2, 0.25) is 5.69 Å². The van der Waals surface area contributed by atoms with Gasteiger partial charge < -0.3 is 10.1 Å². The van der Waals surface area contributed by atoms with Gasteiger partial charge >= 0.3 is 0 Å². The molecule has 0 unspecified atom stereocenters. The molecule has 2 aromatic carbocycles. The molecular weight excluding hydrogens is 260 g/mol. The SMILES string of the molecule is CN(C)c1ccc([N+]([O-])=Cc2ccc(Cl)cc2)cc1. The van der Waals surface area contributed by atoms with E-state index in [9.17, 15) is 5.21 Å². The Kier molecular flexibility index (Phi) is 4.07. The molecule has 0 aliphatic rings. The predicted octanol–water partition coefficient (Wildman–Crippen LogP) is 3.67. The first-order valence-electron chi connectivity index (χ1n) is 5.90. The van der Waals surface area contributed by atoms with Crippen molar-refractivity contribution in [3.8, 4) is 0 Å². The largest absolute Gasteiger partial charge is 0.618 e. The van der Waals surface area contributed by atoms with E-state index in [1.165, 1.54) is 6.21 Å². The zero-order valence-corrected chi connectivity index (χ0v) is 11.6. The van der Waals surface area contributed by atoms with Gasteiger partial charge in [0.15, 0.2) is 6.21 Å². The highest BCUT2D eigenvalue weighted by atomic mass is 35.5. The third-order valence-electron chi connectivity index (χ3n) is 2.76. The molecule has 2 rings (SSSR count). The van der Waals surface area contributed by atoms with Crippen LogP contribution in [0, 0.1) is 5.21 Å². The summed E-state index contributed by atoms with van der Waals surface area (Å²) >= 11 is 5.80. The molecule has 3 nitrogen and oxygen atoms in total. The van der Waals surface area contributed by atoms with E-state index in [-0.39, 0.29) is 0 Å². The highest BCUT2D eigenvalue weighted by molar-refractivity contribution is 6.30. The Hall–Kier alpha value is -2.00. The molecule has 4 heteroatoms. The van der Waals surface area contributed by atoms with E-state index in [1.54, 1.807) is 36.4 Å². The molecular formula is C15H15ClN2O. The molecule has 98 valence electrons. The van der Waals surface area contributed by atoms with Crippen molar-refractivity contribution < 1.29 is 4.74 Å². The summed E-state index contributed by atoms with van der Waals surface area (Å²) in [6.45, 7) is 0. The van der Waals surface area contributed by atoms with Gasteiger partial charge in [0.05, 0.1) is 0 Å². The molecule has 0 amide bonds. The van der Waals surface area contributed by atoms with E-state index < -0.39 is 0 Å². The summed E-state index contributed by atoms with van der Waals surface area (Å²) in [7, 11) is 3.92. The van der Waals surface area contributed by atoms with Crippen LogP contribution in [0.5, 0.6) is 0 Å². The van der Waals surface area contributed by atoms with Gasteiger partial charge in [-0.05, 0) is 36.4 Å². The summed E-state index contributed by atoms with van der Waals surface area (Å²) in [4.78, 5) is 1.99. The van der Waals surface area contributed by atoms with Gasteiger partial charge in [-0.1, -0.05) is 11.6 Å². The Bertz CT molecular complexity index is 574. The van der Waals surface area contributed by atoms with Crippen LogP contribution in [0.2, 0.25) is 5.02 Å². The van der Waals surface area contributed by atoms with Gasteiger partial charge in [-0.3, -0.25) is 0 Å². The number of hydrogen-bond acceptors (Lipinski definition) is 2. The Morgan fingerprint density at radius 2 is 1.58 bits per heavy atom. The van der Waals surface area contributed by atoms with Crippen LogP contribution in [0.3, 0.4) is 0 Å². The first-order chi connectivity index (χ1) is 9.06. The van der Waals surface area contributed by atoms with Crippen LogP contribution in [-0.2, 0) is 0 Å². The molecule has 0 radical (unpaired) electrons. The van der Waals surface area contributed by atoms with E-state index in [4.69, 9.17) is 11.6 Å². The van der Waals surface area contributed by atoms with Crippen molar-refractivity contribution in [1.29, 1.82) is 0 Å². The Labute approximate surface area is 117 Å². The van der Waals surface area contributed by atoms with Crippen molar-refractivity contribution >= 4 is 29.2 Å². The van der Waals surface area contributed by atoms with Gasteiger partial charge in [-0.25, -0.2) is 0 Å². The van der Waals surface area contributed by atoms with E-state index >= 15 is 0 Å². The molecule has 0 atom stereocenters. The molecule has 19 heavy (non-hydrogen) atoms. The maximum Gasteiger partial charge on any atom is 0.216 e. The van der Waals surface area contributed by atoms with Crippen molar-refractivity contribution in [3.05, 3.63) is 64.3 Å². The van der Waals surface area contributed by atoms with E-state index in [0.29, 0.717) is 10.7 Å². The van der Waals surface area contributed by atoms with Crippen LogP contribution in [0.25, 0.3) is 0 Å². The van der Waals surface area contributed by atoms with Gasteiger partial charge in [0, 0.05) is 42.5 Å². The molecule has 0 aromatic heterocycles. The Morgan fingerprint density at radius 1 is 1.00 bits per heavy atom. The first kappa shape index (κ1) is 13.4. The van der Waals surface area contributed by atoms with Gasteiger partial charge in [0.25, 0.3) is 0 Å². The second-order valence-electron chi connectivity index (χ2n) is 4.42. The Balaban J connectivity index is 2.23. The highest BCUT2D eigenvalue weighted by Crippen LogP contribution is 2.17. The molecule has 0 N–H and O–H groups in total. The molecule has 0 aliphatic heterocycles. The van der Waals surface area contributed by atoms with Crippen LogP contribution in [0.4, 0.5) is 11.4 Å². The van der Waals surface area contributed by atoms with Crippen molar-refractivity contribution in [2.24, 2.45) is 0 Å². The number of anilines is 1. The molecule has 0 bridgehead atoms. The topological polar surface area (TPSA) is 29.3 Å². The van der Waals surface area contributed by atoms with E-state index in [0.717, 1.165) is 16.0 Å². The smallest absolute Gasteiger partial charge is 0.216 e. The second kappa shape index (κ2) is 5.76. The van der Waals surface area contributed by atoms with Gasteiger partial charge in [-0.2, -0.15) is 4.74 Å². The lowest BCUT2D eigenvalue weighted by molar-refractivity contribution is -0.354. The molecule has 2 aromatic rings. The standard InChI is InChI=1S/C15H15ClN2O/c1-17(2)14-7-9-15(10-8-14)18(19)11-12-3-5-13(16)6-4-12/h3-11H,1-2H3. The highest BCUT2D eigenvalue weighted by Gasteiger charge is 2.03. The summed E-state index contributed by atoms with van der Waals surface area (Å²) in [5.74, 6) is 0. The average Bonchev–Trinajstić information content (AvgIpc) is 2.41. The van der Waals surface area contributed by atoms with Crippen molar-refractivity contribution in [1.82, 2.24) is 0 Å². The van der Waals surface area contributed by atoms with Crippen molar-refractivity contribution in [3.63, 3.8) is 0 Å². The average molecular weight is 275 g/mol. The first-order valence-corrected chi connectivity index (χ1v) is 6.28. The summed E-state index contributed by atoms with van der Waals surface area (Å²) in [6, 6.07) is 14.6. The summed E-state index contributed by atoms with van der Waals surface area (Å²) in [6.07, 6.45) is 1.53. The zero-order chi connectivity index (χ0) is 13.8. The van der Waals surface area contributed by atoms with Crippen LogP contribution in [-0.4, -0.2) is 25.0 Å². The molecule has 0 saturated carbocycles. The molecule has 0 spiro atoms. The number of halogens is 1. The third kappa shape index (κ3) is 3.48. The summed E-state index contributed by atoms with van der Waals surface area (Å²) in [5, 5.41) is 12.7.